The van der Waals surface area contributed by atoms with E-state index in [-0.39, 0.29) is 41.5 Å². The summed E-state index contributed by atoms with van der Waals surface area (Å²) in [5, 5.41) is 19.2. The van der Waals surface area contributed by atoms with Gasteiger partial charge in [-0.2, -0.15) is 13.2 Å². The summed E-state index contributed by atoms with van der Waals surface area (Å²) in [7, 11) is 0. The molecule has 0 spiro atoms. The van der Waals surface area contributed by atoms with E-state index in [2.05, 4.69) is 16.0 Å². The molecule has 0 aliphatic carbocycles. The van der Waals surface area contributed by atoms with Crippen molar-refractivity contribution in [3.05, 3.63) is 70.8 Å². The van der Waals surface area contributed by atoms with Crippen LogP contribution in [-0.4, -0.2) is 41.5 Å². The minimum Gasteiger partial charge on any atom is -0.391 e. The Hall–Kier alpha value is -3.40. The fourth-order valence-electron chi connectivity index (χ4n) is 4.13. The Labute approximate surface area is 233 Å². The zero-order chi connectivity index (χ0) is 30.0. The summed E-state index contributed by atoms with van der Waals surface area (Å²) in [6.07, 6.45) is -4.81. The molecule has 10 heteroatoms. The maximum absolute atomic E-state index is 13.1. The minimum absolute atomic E-state index is 0.120. The molecule has 0 aromatic heterocycles. The van der Waals surface area contributed by atoms with E-state index in [1.165, 1.54) is 36.4 Å². The molecule has 0 aliphatic rings. The molecule has 2 aromatic carbocycles. The predicted molar refractivity (Wildman–Crippen MR) is 147 cm³/mol. The van der Waals surface area contributed by atoms with Crippen LogP contribution in [-0.2, 0) is 17.5 Å². The van der Waals surface area contributed by atoms with Crippen LogP contribution in [0.15, 0.2) is 48.5 Å². The van der Waals surface area contributed by atoms with Crippen LogP contribution in [0.4, 0.5) is 13.2 Å². The van der Waals surface area contributed by atoms with Gasteiger partial charge in [-0.15, -0.1) is 0 Å². The fourth-order valence-corrected chi connectivity index (χ4v) is 4.13. The monoisotopic (exact) mass is 563 g/mol. The number of benzene rings is 2. The van der Waals surface area contributed by atoms with Crippen molar-refractivity contribution >= 4 is 17.7 Å². The van der Waals surface area contributed by atoms with E-state index in [4.69, 9.17) is 0 Å². The Morgan fingerprint density at radius 1 is 0.825 bits per heavy atom. The smallest absolute Gasteiger partial charge is 0.391 e. The van der Waals surface area contributed by atoms with Gasteiger partial charge in [0.1, 0.15) is 0 Å². The molecular formula is C30H40F3N3O4. The molecule has 0 saturated heterocycles. The number of hydrogen-bond acceptors (Lipinski definition) is 4. The van der Waals surface area contributed by atoms with E-state index in [0.29, 0.717) is 18.9 Å². The van der Waals surface area contributed by atoms with E-state index >= 15 is 0 Å². The Kier molecular flexibility index (Phi) is 12.2. The molecule has 0 bridgehead atoms. The third-order valence-corrected chi connectivity index (χ3v) is 6.33. The van der Waals surface area contributed by atoms with Gasteiger partial charge in [-0.1, -0.05) is 52.8 Å². The van der Waals surface area contributed by atoms with Crippen LogP contribution in [0.2, 0.25) is 0 Å². The average molecular weight is 564 g/mol. The van der Waals surface area contributed by atoms with Crippen LogP contribution < -0.4 is 16.0 Å². The van der Waals surface area contributed by atoms with Crippen molar-refractivity contribution < 1.29 is 32.7 Å². The lowest BCUT2D eigenvalue weighted by Gasteiger charge is -2.27. The zero-order valence-corrected chi connectivity index (χ0v) is 23.6. The second kappa shape index (κ2) is 14.8. The highest BCUT2D eigenvalue weighted by molar-refractivity contribution is 5.99. The predicted octanol–water partition coefficient (Wildman–Crippen LogP) is 4.94. The molecule has 0 aliphatic heterocycles. The van der Waals surface area contributed by atoms with Gasteiger partial charge >= 0.3 is 6.18 Å². The maximum Gasteiger partial charge on any atom is 0.416 e. The van der Waals surface area contributed by atoms with Crippen LogP contribution in [0.5, 0.6) is 0 Å². The molecular weight excluding hydrogens is 523 g/mol. The highest BCUT2D eigenvalue weighted by atomic mass is 19.4. The van der Waals surface area contributed by atoms with Crippen molar-refractivity contribution in [2.75, 3.05) is 6.54 Å². The van der Waals surface area contributed by atoms with E-state index < -0.39 is 41.6 Å². The van der Waals surface area contributed by atoms with Crippen molar-refractivity contribution in [1.29, 1.82) is 0 Å². The summed E-state index contributed by atoms with van der Waals surface area (Å²) in [4.78, 5) is 38.2. The van der Waals surface area contributed by atoms with Gasteiger partial charge in [-0.3, -0.25) is 14.4 Å². The fraction of sp³-hybridized carbons (Fsp3) is 0.500. The van der Waals surface area contributed by atoms with E-state index in [9.17, 15) is 32.7 Å². The largest absolute Gasteiger partial charge is 0.416 e. The second-order valence-corrected chi connectivity index (χ2v) is 11.0. The molecule has 2 rings (SSSR count). The number of amides is 3. The molecule has 3 amide bonds. The van der Waals surface area contributed by atoms with Gasteiger partial charge in [0, 0.05) is 30.1 Å². The van der Waals surface area contributed by atoms with Crippen molar-refractivity contribution in [2.24, 2.45) is 17.8 Å². The molecule has 3 atom stereocenters. The molecule has 0 fully saturated rings. The van der Waals surface area contributed by atoms with Gasteiger partial charge in [-0.05, 0) is 60.6 Å². The van der Waals surface area contributed by atoms with E-state index in [1.54, 1.807) is 6.92 Å². The highest BCUT2D eigenvalue weighted by Gasteiger charge is 2.30. The average Bonchev–Trinajstić information content (AvgIpc) is 2.89. The third-order valence-electron chi connectivity index (χ3n) is 6.33. The van der Waals surface area contributed by atoms with Crippen LogP contribution in [0, 0.1) is 17.8 Å². The van der Waals surface area contributed by atoms with Crippen molar-refractivity contribution in [1.82, 2.24) is 16.0 Å². The number of carbonyl (C=O) groups is 3. The van der Waals surface area contributed by atoms with E-state index in [0.717, 1.165) is 12.1 Å². The zero-order valence-electron chi connectivity index (χ0n) is 23.6. The number of aliphatic hydroxyl groups is 1. The number of halogens is 3. The number of alkyl halides is 3. The lowest BCUT2D eigenvalue weighted by molar-refractivity contribution is -0.137. The summed E-state index contributed by atoms with van der Waals surface area (Å²) < 4.78 is 38.9. The minimum atomic E-state index is -4.49. The first-order valence-corrected chi connectivity index (χ1v) is 13.5. The lowest BCUT2D eigenvalue weighted by atomic mass is 9.92. The molecule has 40 heavy (non-hydrogen) atoms. The Morgan fingerprint density at radius 2 is 1.45 bits per heavy atom. The SMILES string of the molecule is CC(C)CNC(=O)[C@H](C)C[C@H](O)[C@H](CC(C)C)NC(=O)c1cccc(C(=O)NCc2cccc(C(F)(F)F)c2)c1. The number of hydrogen-bond donors (Lipinski definition) is 4. The van der Waals surface area contributed by atoms with Crippen LogP contribution >= 0.6 is 0 Å². The quantitative estimate of drug-likeness (QED) is 0.277. The number of carbonyl (C=O) groups excluding carboxylic acids is 3. The first-order chi connectivity index (χ1) is 18.7. The molecule has 0 unspecified atom stereocenters. The summed E-state index contributed by atoms with van der Waals surface area (Å²) in [5.74, 6) is -1.21. The topological polar surface area (TPSA) is 108 Å². The number of rotatable bonds is 13. The third kappa shape index (κ3) is 10.6. The lowest BCUT2D eigenvalue weighted by Crippen LogP contribution is -2.46. The number of aliphatic hydroxyl groups excluding tert-OH is 1. The Morgan fingerprint density at radius 3 is 2.05 bits per heavy atom. The first kappa shape index (κ1) is 32.8. The normalized spacial score (nSPS) is 14.0. The van der Waals surface area contributed by atoms with Gasteiger partial charge in [0.25, 0.3) is 11.8 Å². The Bertz CT molecular complexity index is 1150. The number of nitrogens with one attached hydrogen (secondary N) is 3. The van der Waals surface area contributed by atoms with Crippen molar-refractivity contribution in [3.8, 4) is 0 Å². The highest BCUT2D eigenvalue weighted by Crippen LogP contribution is 2.29. The molecule has 0 heterocycles. The van der Waals surface area contributed by atoms with Crippen LogP contribution in [0.1, 0.15) is 79.3 Å². The van der Waals surface area contributed by atoms with Gasteiger partial charge in [0.15, 0.2) is 0 Å². The Balaban J connectivity index is 2.06. The van der Waals surface area contributed by atoms with Gasteiger partial charge in [0.05, 0.1) is 17.7 Å². The van der Waals surface area contributed by atoms with Crippen LogP contribution in [0.25, 0.3) is 0 Å². The standard InChI is InChI=1S/C30H40F3N3O4/c1-18(2)12-25(26(37)13-20(5)27(38)34-16-19(3)4)36-29(40)23-10-7-9-22(15-23)28(39)35-17-21-8-6-11-24(14-21)30(31,32)33/h6-11,14-15,18-20,25-26,37H,12-13,16-17H2,1-5H3,(H,34,38)(H,35,39)(H,36,40)/t20-,25+,26+/m1/s1. The maximum atomic E-state index is 13.1. The molecule has 4 N–H and O–H groups in total. The van der Waals surface area contributed by atoms with Crippen molar-refractivity contribution in [3.63, 3.8) is 0 Å². The molecule has 2 aromatic rings. The second-order valence-electron chi connectivity index (χ2n) is 11.0. The molecule has 220 valence electrons. The van der Waals surface area contributed by atoms with E-state index in [1.807, 2.05) is 27.7 Å². The van der Waals surface area contributed by atoms with Crippen LogP contribution in [0.3, 0.4) is 0 Å². The molecule has 0 radical (unpaired) electrons. The van der Waals surface area contributed by atoms with Crippen molar-refractivity contribution in [2.45, 2.75) is 72.3 Å². The van der Waals surface area contributed by atoms with Gasteiger partial charge in [0.2, 0.25) is 5.91 Å². The summed E-state index contributed by atoms with van der Waals surface area (Å²) >= 11 is 0. The summed E-state index contributed by atoms with van der Waals surface area (Å²) in [6, 6.07) is 10.0. The van der Waals surface area contributed by atoms with Gasteiger partial charge < -0.3 is 21.1 Å². The molecule has 7 nitrogen and oxygen atoms in total. The molecule has 0 saturated carbocycles. The van der Waals surface area contributed by atoms with Gasteiger partial charge in [-0.25, -0.2) is 0 Å². The first-order valence-electron chi connectivity index (χ1n) is 13.5. The summed E-state index contributed by atoms with van der Waals surface area (Å²) in [6.45, 7) is 10.0. The summed E-state index contributed by atoms with van der Waals surface area (Å²) in [5.41, 5.74) is -0.164.